The Balaban J connectivity index is 2.70. The molecule has 0 bridgehead atoms. The van der Waals surface area contributed by atoms with Gasteiger partial charge in [0.1, 0.15) is 11.6 Å². The van der Waals surface area contributed by atoms with Gasteiger partial charge in [-0.1, -0.05) is 0 Å². The normalized spacial score (nSPS) is 10.8. The molecule has 0 aromatic heterocycles. The van der Waals surface area contributed by atoms with Gasteiger partial charge in [0.15, 0.2) is 6.61 Å². The number of anilines is 1. The van der Waals surface area contributed by atoms with E-state index < -0.39 is 37.1 Å². The molecule has 0 spiro atoms. The molecule has 0 saturated heterocycles. The Morgan fingerprint density at radius 2 is 1.95 bits per heavy atom. The summed E-state index contributed by atoms with van der Waals surface area (Å²) in [6.45, 7) is -2.02. The van der Waals surface area contributed by atoms with Crippen molar-refractivity contribution in [2.24, 2.45) is 0 Å². The van der Waals surface area contributed by atoms with Gasteiger partial charge in [-0.15, -0.1) is 0 Å². The van der Waals surface area contributed by atoms with E-state index in [1.165, 1.54) is 7.05 Å². The maximum atomic E-state index is 13.1. The summed E-state index contributed by atoms with van der Waals surface area (Å²) in [5.74, 6) is -1.76. The fraction of sp³-hybridized carbons (Fsp3) is 0.333. The molecule has 1 aromatic carbocycles. The standard InChI is InChI=1S/C12H13F4N3O3/c1-17-11(21)19-10(20)5-18-8-4-7(13)2-3-9(8)22-6-12(14,15)16/h2-4,18H,5-6H2,1H3,(H2,17,19,20,21). The van der Waals surface area contributed by atoms with Gasteiger partial charge in [0.25, 0.3) is 0 Å². The third kappa shape index (κ3) is 6.29. The third-order valence-electron chi connectivity index (χ3n) is 2.25. The molecule has 0 saturated carbocycles. The molecule has 22 heavy (non-hydrogen) atoms. The number of halogens is 4. The molecular weight excluding hydrogens is 310 g/mol. The lowest BCUT2D eigenvalue weighted by molar-refractivity contribution is -0.153. The van der Waals surface area contributed by atoms with E-state index in [9.17, 15) is 27.2 Å². The van der Waals surface area contributed by atoms with E-state index in [2.05, 4.69) is 15.4 Å². The number of rotatable bonds is 5. The number of hydrogen-bond acceptors (Lipinski definition) is 4. The zero-order valence-electron chi connectivity index (χ0n) is 11.4. The summed E-state index contributed by atoms with van der Waals surface area (Å²) in [5.41, 5.74) is -0.142. The molecule has 0 aliphatic heterocycles. The number of imide groups is 1. The number of urea groups is 1. The number of nitrogens with one attached hydrogen (secondary N) is 3. The minimum absolute atomic E-state index is 0.142. The molecule has 6 nitrogen and oxygen atoms in total. The first-order chi connectivity index (χ1) is 10.2. The van der Waals surface area contributed by atoms with Crippen molar-refractivity contribution in [3.63, 3.8) is 0 Å². The lowest BCUT2D eigenvalue weighted by Gasteiger charge is -2.14. The number of carbonyl (C=O) groups excluding carboxylic acids is 2. The van der Waals surface area contributed by atoms with Crippen LogP contribution in [0.4, 0.5) is 28.0 Å². The number of benzene rings is 1. The Kier molecular flexibility index (Phi) is 5.96. The Bertz CT molecular complexity index is 549. The first-order valence-electron chi connectivity index (χ1n) is 5.96. The van der Waals surface area contributed by atoms with E-state index in [4.69, 9.17) is 0 Å². The highest BCUT2D eigenvalue weighted by Crippen LogP contribution is 2.27. The summed E-state index contributed by atoms with van der Waals surface area (Å²) >= 11 is 0. The van der Waals surface area contributed by atoms with Crippen molar-refractivity contribution in [3.8, 4) is 5.75 Å². The Morgan fingerprint density at radius 3 is 2.55 bits per heavy atom. The third-order valence-corrected chi connectivity index (χ3v) is 2.25. The van der Waals surface area contributed by atoms with Crippen LogP contribution in [0.1, 0.15) is 0 Å². The quantitative estimate of drug-likeness (QED) is 0.720. The minimum atomic E-state index is -4.55. The van der Waals surface area contributed by atoms with E-state index >= 15 is 0 Å². The van der Waals surface area contributed by atoms with Gasteiger partial charge in [0, 0.05) is 13.1 Å². The van der Waals surface area contributed by atoms with Crippen molar-refractivity contribution >= 4 is 17.6 Å². The van der Waals surface area contributed by atoms with Crippen molar-refractivity contribution in [2.45, 2.75) is 6.18 Å². The van der Waals surface area contributed by atoms with Gasteiger partial charge in [0.2, 0.25) is 5.91 Å². The van der Waals surface area contributed by atoms with Crippen molar-refractivity contribution < 1.29 is 31.9 Å². The minimum Gasteiger partial charge on any atom is -0.482 e. The van der Waals surface area contributed by atoms with Crippen LogP contribution in [0, 0.1) is 5.82 Å². The van der Waals surface area contributed by atoms with Crippen LogP contribution in [0.3, 0.4) is 0 Å². The first kappa shape index (κ1) is 17.5. The van der Waals surface area contributed by atoms with Crippen LogP contribution in [0.15, 0.2) is 18.2 Å². The second-order valence-electron chi connectivity index (χ2n) is 4.03. The van der Waals surface area contributed by atoms with Crippen molar-refractivity contribution in [2.75, 3.05) is 25.5 Å². The van der Waals surface area contributed by atoms with Crippen LogP contribution in [0.5, 0.6) is 5.75 Å². The number of ether oxygens (including phenoxy) is 1. The average Bonchev–Trinajstić information content (AvgIpc) is 2.42. The van der Waals surface area contributed by atoms with Crippen LogP contribution < -0.4 is 20.7 Å². The topological polar surface area (TPSA) is 79.5 Å². The average molecular weight is 323 g/mol. The Hall–Kier alpha value is -2.52. The molecule has 0 aliphatic rings. The molecule has 1 rings (SSSR count). The first-order valence-corrected chi connectivity index (χ1v) is 5.96. The van der Waals surface area contributed by atoms with Crippen LogP contribution >= 0.6 is 0 Å². The zero-order valence-corrected chi connectivity index (χ0v) is 11.4. The van der Waals surface area contributed by atoms with E-state index in [-0.39, 0.29) is 11.4 Å². The van der Waals surface area contributed by atoms with Crippen LogP contribution in [0.25, 0.3) is 0 Å². The maximum absolute atomic E-state index is 13.1. The zero-order chi connectivity index (χ0) is 16.8. The lowest BCUT2D eigenvalue weighted by atomic mass is 10.2. The summed E-state index contributed by atoms with van der Waals surface area (Å²) < 4.78 is 54.0. The summed E-state index contributed by atoms with van der Waals surface area (Å²) in [6.07, 6.45) is -4.55. The van der Waals surface area contributed by atoms with Gasteiger partial charge < -0.3 is 15.4 Å². The van der Waals surface area contributed by atoms with Gasteiger partial charge in [0.05, 0.1) is 12.2 Å². The molecule has 0 atom stereocenters. The molecule has 10 heteroatoms. The van der Waals surface area contributed by atoms with Crippen LogP contribution in [-0.2, 0) is 4.79 Å². The number of carbonyl (C=O) groups is 2. The number of amides is 3. The Labute approximate surface area is 122 Å². The fourth-order valence-electron chi connectivity index (χ4n) is 1.33. The summed E-state index contributed by atoms with van der Waals surface area (Å²) in [4.78, 5) is 22.2. The Morgan fingerprint density at radius 1 is 1.27 bits per heavy atom. The smallest absolute Gasteiger partial charge is 0.422 e. The molecule has 0 fully saturated rings. The highest BCUT2D eigenvalue weighted by molar-refractivity contribution is 5.96. The monoisotopic (exact) mass is 323 g/mol. The number of hydrogen-bond donors (Lipinski definition) is 3. The molecule has 0 heterocycles. The summed E-state index contributed by atoms with van der Waals surface area (Å²) in [5, 5.41) is 6.46. The molecule has 0 unspecified atom stereocenters. The molecule has 3 amide bonds. The van der Waals surface area contributed by atoms with Gasteiger partial charge in [-0.2, -0.15) is 13.2 Å². The van der Waals surface area contributed by atoms with Crippen molar-refractivity contribution in [1.82, 2.24) is 10.6 Å². The molecular formula is C12H13F4N3O3. The second-order valence-corrected chi connectivity index (χ2v) is 4.03. The fourth-order valence-corrected chi connectivity index (χ4v) is 1.33. The van der Waals surface area contributed by atoms with Gasteiger partial charge >= 0.3 is 12.2 Å². The molecule has 122 valence electrons. The van der Waals surface area contributed by atoms with Gasteiger partial charge in [-0.05, 0) is 12.1 Å². The van der Waals surface area contributed by atoms with Crippen molar-refractivity contribution in [1.29, 1.82) is 0 Å². The molecule has 0 radical (unpaired) electrons. The maximum Gasteiger partial charge on any atom is 0.422 e. The van der Waals surface area contributed by atoms with E-state index in [0.717, 1.165) is 18.2 Å². The van der Waals surface area contributed by atoms with Gasteiger partial charge in [-0.25, -0.2) is 9.18 Å². The molecule has 0 aliphatic carbocycles. The largest absolute Gasteiger partial charge is 0.482 e. The predicted molar refractivity (Wildman–Crippen MR) is 69.0 cm³/mol. The van der Waals surface area contributed by atoms with Crippen molar-refractivity contribution in [3.05, 3.63) is 24.0 Å². The lowest BCUT2D eigenvalue weighted by Crippen LogP contribution is -2.40. The summed E-state index contributed by atoms with van der Waals surface area (Å²) in [6, 6.07) is 2.04. The van der Waals surface area contributed by atoms with E-state index in [0.29, 0.717) is 0 Å². The van der Waals surface area contributed by atoms with Crippen LogP contribution in [0.2, 0.25) is 0 Å². The highest BCUT2D eigenvalue weighted by Gasteiger charge is 2.28. The van der Waals surface area contributed by atoms with E-state index in [1.54, 1.807) is 0 Å². The number of alkyl halides is 3. The highest BCUT2D eigenvalue weighted by atomic mass is 19.4. The molecule has 3 N–H and O–H groups in total. The second kappa shape index (κ2) is 7.48. The van der Waals surface area contributed by atoms with Crippen LogP contribution in [-0.4, -0.2) is 38.3 Å². The predicted octanol–water partition coefficient (Wildman–Crippen LogP) is 1.63. The van der Waals surface area contributed by atoms with E-state index in [1.807, 2.05) is 5.32 Å². The molecule has 1 aromatic rings. The summed E-state index contributed by atoms with van der Waals surface area (Å²) in [7, 11) is 1.30. The SMILES string of the molecule is CNC(=O)NC(=O)CNc1cc(F)ccc1OCC(F)(F)F. The van der Waals surface area contributed by atoms with Gasteiger partial charge in [-0.3, -0.25) is 10.1 Å².